The van der Waals surface area contributed by atoms with E-state index in [1.165, 1.54) is 30.5 Å². The van der Waals surface area contributed by atoms with Crippen molar-refractivity contribution < 1.29 is 22.4 Å². The van der Waals surface area contributed by atoms with E-state index in [0.29, 0.717) is 32.5 Å². The number of anilines is 1. The Balaban J connectivity index is 1.27. The van der Waals surface area contributed by atoms with E-state index in [-0.39, 0.29) is 27.8 Å². The molecule has 0 spiro atoms. The van der Waals surface area contributed by atoms with Crippen molar-refractivity contribution in [2.75, 3.05) is 18.4 Å². The molecule has 200 valence electrons. The highest BCUT2D eigenvalue weighted by Crippen LogP contribution is 2.37. The van der Waals surface area contributed by atoms with E-state index in [4.69, 9.17) is 11.6 Å². The third kappa shape index (κ3) is 6.13. The van der Waals surface area contributed by atoms with Gasteiger partial charge in [0.05, 0.1) is 5.69 Å². The van der Waals surface area contributed by atoms with Crippen LogP contribution in [0.3, 0.4) is 0 Å². The van der Waals surface area contributed by atoms with Crippen LogP contribution in [0.4, 0.5) is 23.2 Å². The minimum atomic E-state index is -1.56. The summed E-state index contributed by atoms with van der Waals surface area (Å²) in [4.78, 5) is 18.8. The number of aromatic nitrogens is 1. The highest BCUT2D eigenvalue weighted by atomic mass is 35.5. The molecule has 9 heteroatoms. The van der Waals surface area contributed by atoms with Crippen LogP contribution in [0.25, 0.3) is 11.1 Å². The summed E-state index contributed by atoms with van der Waals surface area (Å²) < 4.78 is 56.6. The first kappa shape index (κ1) is 26.8. The molecule has 4 aromatic rings. The van der Waals surface area contributed by atoms with Gasteiger partial charge < -0.3 is 5.32 Å². The number of benzene rings is 3. The Morgan fingerprint density at radius 3 is 2.18 bits per heavy atom. The van der Waals surface area contributed by atoms with Gasteiger partial charge in [0.25, 0.3) is 5.91 Å². The summed E-state index contributed by atoms with van der Waals surface area (Å²) in [7, 11) is 0. The van der Waals surface area contributed by atoms with Crippen LogP contribution < -0.4 is 5.32 Å². The highest BCUT2D eigenvalue weighted by molar-refractivity contribution is 6.29. The standard InChI is InChI=1S/C30H24ClF4N3O/c31-26-15-22(9-12-36-26)30(39)37-25-16-24(33)28(34)29(35)27(25)21-10-13-38(14-11-21)17-18-1-3-19(4-2-18)20-5-7-23(32)8-6-20/h1-9,12,15-16,21H,10-11,13-14,17H2,(H,37,39). The lowest BCUT2D eigenvalue weighted by atomic mass is 9.87. The second-order valence-corrected chi connectivity index (χ2v) is 9.91. The zero-order chi connectivity index (χ0) is 27.5. The summed E-state index contributed by atoms with van der Waals surface area (Å²) in [6.07, 6.45) is 2.34. The summed E-state index contributed by atoms with van der Waals surface area (Å²) in [5, 5.41) is 2.62. The van der Waals surface area contributed by atoms with Gasteiger partial charge in [-0.2, -0.15) is 0 Å². The quantitative estimate of drug-likeness (QED) is 0.152. The number of likely N-dealkylation sites (tertiary alicyclic amines) is 1. The Morgan fingerprint density at radius 1 is 0.897 bits per heavy atom. The third-order valence-corrected chi connectivity index (χ3v) is 7.18. The van der Waals surface area contributed by atoms with Gasteiger partial charge in [-0.3, -0.25) is 9.69 Å². The molecule has 0 unspecified atom stereocenters. The average molecular weight is 554 g/mol. The lowest BCUT2D eigenvalue weighted by Gasteiger charge is -2.33. The highest BCUT2D eigenvalue weighted by Gasteiger charge is 2.29. The minimum absolute atomic E-state index is 0.0364. The number of pyridine rings is 1. The second kappa shape index (κ2) is 11.6. The number of rotatable bonds is 6. The number of halogens is 5. The number of amides is 1. The van der Waals surface area contributed by atoms with Crippen LogP contribution in [0, 0.1) is 23.3 Å². The molecule has 1 saturated heterocycles. The molecule has 0 atom stereocenters. The Hall–Kier alpha value is -3.75. The van der Waals surface area contributed by atoms with Crippen LogP contribution in [-0.4, -0.2) is 28.9 Å². The van der Waals surface area contributed by atoms with Crippen molar-refractivity contribution in [3.05, 3.63) is 118 Å². The van der Waals surface area contributed by atoms with Crippen molar-refractivity contribution in [3.63, 3.8) is 0 Å². The fraction of sp³-hybridized carbons (Fsp3) is 0.200. The van der Waals surface area contributed by atoms with E-state index in [2.05, 4.69) is 15.2 Å². The summed E-state index contributed by atoms with van der Waals surface area (Å²) in [5.74, 6) is -5.54. The number of nitrogens with one attached hydrogen (secondary N) is 1. The summed E-state index contributed by atoms with van der Waals surface area (Å²) in [6.45, 7) is 1.88. The minimum Gasteiger partial charge on any atom is -0.322 e. The van der Waals surface area contributed by atoms with E-state index in [9.17, 15) is 18.0 Å². The van der Waals surface area contributed by atoms with E-state index >= 15 is 4.39 Å². The van der Waals surface area contributed by atoms with Gasteiger partial charge in [-0.15, -0.1) is 0 Å². The molecular formula is C30H24ClF4N3O. The number of piperidine rings is 1. The Labute approximate surface area is 228 Å². The number of nitrogens with zero attached hydrogens (tertiary/aromatic N) is 2. The van der Waals surface area contributed by atoms with Crippen LogP contribution in [0.15, 0.2) is 72.9 Å². The zero-order valence-corrected chi connectivity index (χ0v) is 21.5. The molecule has 5 rings (SSSR count). The topological polar surface area (TPSA) is 45.2 Å². The molecule has 1 fully saturated rings. The number of carbonyl (C=O) groups excluding carboxylic acids is 1. The summed E-state index contributed by atoms with van der Waals surface area (Å²) in [5.41, 5.74) is 3.01. The van der Waals surface area contributed by atoms with Gasteiger partial charge in [-0.05, 0) is 72.8 Å². The molecule has 1 aliphatic heterocycles. The van der Waals surface area contributed by atoms with E-state index in [1.54, 1.807) is 12.1 Å². The fourth-order valence-corrected chi connectivity index (χ4v) is 5.11. The van der Waals surface area contributed by atoms with Gasteiger partial charge >= 0.3 is 0 Å². The van der Waals surface area contributed by atoms with Crippen molar-refractivity contribution in [3.8, 4) is 11.1 Å². The first-order valence-corrected chi connectivity index (χ1v) is 12.8. The van der Waals surface area contributed by atoms with Crippen LogP contribution in [0.5, 0.6) is 0 Å². The number of carbonyl (C=O) groups is 1. The summed E-state index contributed by atoms with van der Waals surface area (Å²) >= 11 is 5.85. The molecule has 1 N–H and O–H groups in total. The Morgan fingerprint density at radius 2 is 1.54 bits per heavy atom. The van der Waals surface area contributed by atoms with E-state index < -0.39 is 29.3 Å². The van der Waals surface area contributed by atoms with E-state index in [1.807, 2.05) is 24.3 Å². The van der Waals surface area contributed by atoms with Gasteiger partial charge in [-0.25, -0.2) is 22.5 Å². The normalized spacial score (nSPS) is 14.4. The largest absolute Gasteiger partial charge is 0.322 e. The SMILES string of the molecule is O=C(Nc1cc(F)c(F)c(F)c1C1CCN(Cc2ccc(-c3ccc(F)cc3)cc2)CC1)c1ccnc(Cl)c1. The molecule has 0 saturated carbocycles. The molecule has 39 heavy (non-hydrogen) atoms. The van der Waals surface area contributed by atoms with Gasteiger partial charge in [0.15, 0.2) is 17.5 Å². The van der Waals surface area contributed by atoms with Crippen LogP contribution in [0.2, 0.25) is 5.15 Å². The molecule has 0 bridgehead atoms. The van der Waals surface area contributed by atoms with E-state index in [0.717, 1.165) is 22.8 Å². The lowest BCUT2D eigenvalue weighted by Crippen LogP contribution is -2.33. The Bertz CT molecular complexity index is 1490. The number of hydrogen-bond acceptors (Lipinski definition) is 3. The zero-order valence-electron chi connectivity index (χ0n) is 20.7. The van der Waals surface area contributed by atoms with Crippen molar-refractivity contribution >= 4 is 23.2 Å². The molecule has 0 radical (unpaired) electrons. The molecule has 4 nitrogen and oxygen atoms in total. The van der Waals surface area contributed by atoms with Gasteiger partial charge in [-0.1, -0.05) is 48.0 Å². The molecule has 1 aromatic heterocycles. The van der Waals surface area contributed by atoms with Crippen LogP contribution in [0.1, 0.15) is 40.2 Å². The van der Waals surface area contributed by atoms with Gasteiger partial charge in [0.1, 0.15) is 11.0 Å². The van der Waals surface area contributed by atoms with Crippen molar-refractivity contribution in [2.45, 2.75) is 25.3 Å². The smallest absolute Gasteiger partial charge is 0.255 e. The lowest BCUT2D eigenvalue weighted by molar-refractivity contribution is 0.102. The van der Waals surface area contributed by atoms with Crippen molar-refractivity contribution in [1.82, 2.24) is 9.88 Å². The number of hydrogen-bond donors (Lipinski definition) is 1. The molecule has 1 aliphatic rings. The van der Waals surface area contributed by atoms with Crippen molar-refractivity contribution in [2.24, 2.45) is 0 Å². The molecule has 3 aromatic carbocycles. The maximum Gasteiger partial charge on any atom is 0.255 e. The molecule has 1 amide bonds. The first-order chi connectivity index (χ1) is 18.8. The maximum absolute atomic E-state index is 15.0. The van der Waals surface area contributed by atoms with Gasteiger partial charge in [0, 0.05) is 29.9 Å². The predicted octanol–water partition coefficient (Wildman–Crippen LogP) is 7.59. The molecular weight excluding hydrogens is 530 g/mol. The fourth-order valence-electron chi connectivity index (χ4n) is 4.93. The molecule has 2 heterocycles. The predicted molar refractivity (Wildman–Crippen MR) is 143 cm³/mol. The van der Waals surface area contributed by atoms with Crippen molar-refractivity contribution in [1.29, 1.82) is 0 Å². The monoisotopic (exact) mass is 553 g/mol. The Kier molecular flexibility index (Phi) is 7.95. The summed E-state index contributed by atoms with van der Waals surface area (Å²) in [6, 6.07) is 17.9. The third-order valence-electron chi connectivity index (χ3n) is 6.97. The van der Waals surface area contributed by atoms with Crippen LogP contribution in [-0.2, 0) is 6.54 Å². The van der Waals surface area contributed by atoms with Gasteiger partial charge in [0.2, 0.25) is 0 Å². The first-order valence-electron chi connectivity index (χ1n) is 12.5. The maximum atomic E-state index is 15.0. The second-order valence-electron chi connectivity index (χ2n) is 9.52. The average Bonchev–Trinajstić information content (AvgIpc) is 2.93. The van der Waals surface area contributed by atoms with Crippen LogP contribution >= 0.6 is 11.6 Å². The molecule has 0 aliphatic carbocycles.